The number of benzene rings is 1. The summed E-state index contributed by atoms with van der Waals surface area (Å²) in [6, 6.07) is 6.72. The molecule has 0 bridgehead atoms. The van der Waals surface area contributed by atoms with Gasteiger partial charge in [-0.25, -0.2) is 0 Å². The molecule has 17 heavy (non-hydrogen) atoms. The summed E-state index contributed by atoms with van der Waals surface area (Å²) in [6.07, 6.45) is 0. The van der Waals surface area contributed by atoms with Crippen molar-refractivity contribution in [1.29, 1.82) is 0 Å². The van der Waals surface area contributed by atoms with E-state index in [2.05, 4.69) is 70.5 Å². The molecule has 1 atom stereocenters. The zero-order chi connectivity index (χ0) is 13.0. The van der Waals surface area contributed by atoms with E-state index in [1.165, 1.54) is 16.8 Å². The number of rotatable bonds is 5. The molecule has 0 saturated carbocycles. The van der Waals surface area contributed by atoms with Crippen molar-refractivity contribution in [3.63, 3.8) is 0 Å². The number of nitrogens with zero attached hydrogens (tertiary/aromatic N) is 1. The summed E-state index contributed by atoms with van der Waals surface area (Å²) in [4.78, 5) is 2.35. The minimum Gasteiger partial charge on any atom is -0.374 e. The van der Waals surface area contributed by atoms with Gasteiger partial charge in [0.1, 0.15) is 0 Å². The molecule has 0 aliphatic rings. The maximum absolute atomic E-state index is 4.46. The lowest BCUT2D eigenvalue weighted by Crippen LogP contribution is -2.29. The van der Waals surface area contributed by atoms with Crippen LogP contribution in [0.4, 0.5) is 5.69 Å². The zero-order valence-corrected chi connectivity index (χ0v) is 12.6. The van der Waals surface area contributed by atoms with Crippen LogP contribution in [0.3, 0.4) is 0 Å². The van der Waals surface area contributed by atoms with E-state index in [-0.39, 0.29) is 0 Å². The first kappa shape index (κ1) is 14.4. The predicted molar refractivity (Wildman–Crippen MR) is 81.4 cm³/mol. The fraction of sp³-hybridized carbons (Fsp3) is 0.600. The van der Waals surface area contributed by atoms with Gasteiger partial charge in [0.05, 0.1) is 0 Å². The standard InChI is InChI=1S/C15H25NS/c1-11(2)14(10-17)9-16(5)15-7-12(3)6-13(4)8-15/h6-8,11,14,17H,9-10H2,1-5H3. The van der Waals surface area contributed by atoms with Gasteiger partial charge >= 0.3 is 0 Å². The smallest absolute Gasteiger partial charge is 0.0369 e. The fourth-order valence-corrected chi connectivity index (χ4v) is 2.64. The summed E-state index contributed by atoms with van der Waals surface area (Å²) >= 11 is 4.46. The lowest BCUT2D eigenvalue weighted by atomic mass is 9.97. The molecule has 0 aliphatic heterocycles. The normalized spacial score (nSPS) is 12.9. The van der Waals surface area contributed by atoms with Gasteiger partial charge in [-0.1, -0.05) is 19.9 Å². The first-order chi connectivity index (χ1) is 7.93. The molecule has 0 saturated heterocycles. The summed E-state index contributed by atoms with van der Waals surface area (Å²) in [5.74, 6) is 2.28. The van der Waals surface area contributed by atoms with Gasteiger partial charge in [-0.15, -0.1) is 0 Å². The Morgan fingerprint density at radius 1 is 1.12 bits per heavy atom. The molecular formula is C15H25NS. The molecule has 0 spiro atoms. The second-order valence-electron chi connectivity index (χ2n) is 5.41. The van der Waals surface area contributed by atoms with Gasteiger partial charge in [-0.3, -0.25) is 0 Å². The van der Waals surface area contributed by atoms with E-state index < -0.39 is 0 Å². The predicted octanol–water partition coefficient (Wildman–Crippen LogP) is 3.94. The van der Waals surface area contributed by atoms with Crippen molar-refractivity contribution < 1.29 is 0 Å². The van der Waals surface area contributed by atoms with Gasteiger partial charge in [0, 0.05) is 19.3 Å². The first-order valence-corrected chi connectivity index (χ1v) is 6.97. The highest BCUT2D eigenvalue weighted by molar-refractivity contribution is 7.80. The quantitative estimate of drug-likeness (QED) is 0.776. The number of thiol groups is 1. The molecule has 0 aliphatic carbocycles. The molecule has 1 unspecified atom stereocenters. The summed E-state index contributed by atoms with van der Waals surface area (Å²) in [5.41, 5.74) is 3.98. The van der Waals surface area contributed by atoms with Crippen LogP contribution >= 0.6 is 12.6 Å². The van der Waals surface area contributed by atoms with Crippen LogP contribution in [-0.2, 0) is 0 Å². The monoisotopic (exact) mass is 251 g/mol. The Labute approximate surface area is 112 Å². The molecule has 0 N–H and O–H groups in total. The molecule has 0 radical (unpaired) electrons. The lowest BCUT2D eigenvalue weighted by Gasteiger charge is -2.27. The summed E-state index contributed by atoms with van der Waals surface area (Å²) in [6.45, 7) is 9.93. The van der Waals surface area contributed by atoms with Gasteiger partial charge in [0.25, 0.3) is 0 Å². The molecule has 0 aromatic heterocycles. The lowest BCUT2D eigenvalue weighted by molar-refractivity contribution is 0.430. The van der Waals surface area contributed by atoms with Gasteiger partial charge < -0.3 is 4.90 Å². The van der Waals surface area contributed by atoms with Crippen LogP contribution in [0.2, 0.25) is 0 Å². The molecule has 1 aromatic rings. The second-order valence-corrected chi connectivity index (χ2v) is 5.78. The van der Waals surface area contributed by atoms with Crippen LogP contribution in [0.1, 0.15) is 25.0 Å². The Bertz CT molecular complexity index is 340. The van der Waals surface area contributed by atoms with E-state index in [9.17, 15) is 0 Å². The van der Waals surface area contributed by atoms with Crippen LogP contribution in [0.25, 0.3) is 0 Å². The third-order valence-corrected chi connectivity index (χ3v) is 3.80. The minimum atomic E-state index is 0.643. The Hall–Kier alpha value is -0.630. The second kappa shape index (κ2) is 6.34. The van der Waals surface area contributed by atoms with E-state index in [1.54, 1.807) is 0 Å². The summed E-state index contributed by atoms with van der Waals surface area (Å²) < 4.78 is 0. The van der Waals surface area contributed by atoms with Crippen molar-refractivity contribution in [3.8, 4) is 0 Å². The van der Waals surface area contributed by atoms with E-state index in [0.717, 1.165) is 12.3 Å². The number of hydrogen-bond donors (Lipinski definition) is 1. The molecule has 96 valence electrons. The Morgan fingerprint density at radius 3 is 2.06 bits per heavy atom. The molecule has 0 heterocycles. The highest BCUT2D eigenvalue weighted by Crippen LogP contribution is 2.21. The third kappa shape index (κ3) is 4.27. The van der Waals surface area contributed by atoms with Gasteiger partial charge in [0.15, 0.2) is 0 Å². The van der Waals surface area contributed by atoms with Crippen LogP contribution in [0, 0.1) is 25.7 Å². The van der Waals surface area contributed by atoms with E-state index in [1.807, 2.05) is 0 Å². The van der Waals surface area contributed by atoms with Crippen molar-refractivity contribution in [2.75, 3.05) is 24.2 Å². The highest BCUT2D eigenvalue weighted by atomic mass is 32.1. The number of hydrogen-bond acceptors (Lipinski definition) is 2. The average molecular weight is 251 g/mol. The maximum atomic E-state index is 4.46. The Balaban J connectivity index is 2.78. The van der Waals surface area contributed by atoms with Crippen LogP contribution in [-0.4, -0.2) is 19.3 Å². The van der Waals surface area contributed by atoms with Crippen molar-refractivity contribution in [2.24, 2.45) is 11.8 Å². The summed E-state index contributed by atoms with van der Waals surface area (Å²) in [5, 5.41) is 0. The molecule has 1 nitrogen and oxygen atoms in total. The SMILES string of the molecule is Cc1cc(C)cc(N(C)CC(CS)C(C)C)c1. The van der Waals surface area contributed by atoms with E-state index in [0.29, 0.717) is 11.8 Å². The molecule has 0 amide bonds. The topological polar surface area (TPSA) is 3.24 Å². The third-order valence-electron chi connectivity index (χ3n) is 3.33. The zero-order valence-electron chi connectivity index (χ0n) is 11.7. The van der Waals surface area contributed by atoms with Crippen LogP contribution < -0.4 is 4.90 Å². The van der Waals surface area contributed by atoms with Gasteiger partial charge in [-0.05, 0) is 54.7 Å². The average Bonchev–Trinajstić information content (AvgIpc) is 2.23. The fourth-order valence-electron chi connectivity index (χ4n) is 2.11. The van der Waals surface area contributed by atoms with Crippen LogP contribution in [0.15, 0.2) is 18.2 Å². The Kier molecular flexibility index (Phi) is 5.38. The van der Waals surface area contributed by atoms with Crippen LogP contribution in [0.5, 0.6) is 0 Å². The van der Waals surface area contributed by atoms with E-state index >= 15 is 0 Å². The Morgan fingerprint density at radius 2 is 1.65 bits per heavy atom. The molecule has 1 rings (SSSR count). The molecular weight excluding hydrogens is 226 g/mol. The first-order valence-electron chi connectivity index (χ1n) is 6.34. The van der Waals surface area contributed by atoms with Crippen molar-refractivity contribution in [1.82, 2.24) is 0 Å². The molecule has 0 fully saturated rings. The highest BCUT2D eigenvalue weighted by Gasteiger charge is 2.14. The van der Waals surface area contributed by atoms with Gasteiger partial charge in [0.2, 0.25) is 0 Å². The number of anilines is 1. The van der Waals surface area contributed by atoms with Crippen molar-refractivity contribution >= 4 is 18.3 Å². The van der Waals surface area contributed by atoms with Crippen molar-refractivity contribution in [2.45, 2.75) is 27.7 Å². The number of aryl methyl sites for hydroxylation is 2. The molecule has 1 aromatic carbocycles. The summed E-state index contributed by atoms with van der Waals surface area (Å²) in [7, 11) is 2.17. The minimum absolute atomic E-state index is 0.643. The molecule has 2 heteroatoms. The largest absolute Gasteiger partial charge is 0.374 e. The van der Waals surface area contributed by atoms with E-state index in [4.69, 9.17) is 0 Å². The van der Waals surface area contributed by atoms with Crippen molar-refractivity contribution in [3.05, 3.63) is 29.3 Å². The van der Waals surface area contributed by atoms with Gasteiger partial charge in [-0.2, -0.15) is 12.6 Å². The maximum Gasteiger partial charge on any atom is 0.0369 e.